The molecule has 7 nitrogen and oxygen atoms in total. The van der Waals surface area contributed by atoms with Crippen LogP contribution in [0.5, 0.6) is 5.75 Å². The number of fused-ring (bicyclic) bond motifs is 4. The van der Waals surface area contributed by atoms with Crippen LogP contribution in [-0.4, -0.2) is 59.4 Å². The van der Waals surface area contributed by atoms with Crippen molar-refractivity contribution in [3.8, 4) is 5.75 Å². The van der Waals surface area contributed by atoms with Gasteiger partial charge in [0.15, 0.2) is 0 Å². The lowest BCUT2D eigenvalue weighted by Crippen LogP contribution is -2.56. The van der Waals surface area contributed by atoms with Crippen molar-refractivity contribution in [3.63, 3.8) is 0 Å². The lowest BCUT2D eigenvalue weighted by molar-refractivity contribution is 0.0647. The predicted octanol–water partition coefficient (Wildman–Crippen LogP) is 3.33. The van der Waals surface area contributed by atoms with Crippen LogP contribution in [0.25, 0.3) is 32.8 Å². The Morgan fingerprint density at radius 2 is 1.77 bits per heavy atom. The van der Waals surface area contributed by atoms with Gasteiger partial charge in [0, 0.05) is 23.8 Å². The Hall–Kier alpha value is -3.29. The molecular formula is C24H26N4O3. The lowest BCUT2D eigenvalue weighted by atomic mass is 10.0. The highest BCUT2D eigenvalue weighted by Crippen LogP contribution is 2.31. The van der Waals surface area contributed by atoms with E-state index >= 15 is 0 Å². The first-order valence-electron chi connectivity index (χ1n) is 10.1. The fourth-order valence-electron chi connectivity index (χ4n) is 3.78. The number of methoxy groups -OCH3 is 1. The number of carbonyl (C=O) groups is 1. The third-order valence-corrected chi connectivity index (χ3v) is 5.88. The maximum atomic E-state index is 13.2. The summed E-state index contributed by atoms with van der Waals surface area (Å²) in [6, 6.07) is 15.1. The van der Waals surface area contributed by atoms with E-state index in [1.807, 2.05) is 62.3 Å². The number of hydrogen-bond donors (Lipinski definition) is 2. The molecule has 4 aromatic rings. The number of nitrogens with one attached hydrogen (secondary N) is 1. The molecule has 0 spiro atoms. The van der Waals surface area contributed by atoms with Gasteiger partial charge >= 0.3 is 0 Å². The lowest BCUT2D eigenvalue weighted by Gasteiger charge is -2.37. The minimum atomic E-state index is -0.696. The van der Waals surface area contributed by atoms with Gasteiger partial charge in [0.1, 0.15) is 11.3 Å². The molecular weight excluding hydrogens is 392 g/mol. The summed E-state index contributed by atoms with van der Waals surface area (Å²) in [5.41, 5.74) is 2.40. The molecule has 3 aromatic carbocycles. The van der Waals surface area contributed by atoms with Crippen molar-refractivity contribution in [2.24, 2.45) is 0 Å². The zero-order valence-corrected chi connectivity index (χ0v) is 18.1. The zero-order valence-electron chi connectivity index (χ0n) is 18.1. The van der Waals surface area contributed by atoms with Crippen LogP contribution in [0.4, 0.5) is 0 Å². The summed E-state index contributed by atoms with van der Waals surface area (Å²) >= 11 is 0. The van der Waals surface area contributed by atoms with Gasteiger partial charge in [0.25, 0.3) is 5.91 Å². The van der Waals surface area contributed by atoms with Gasteiger partial charge in [-0.05, 0) is 51.4 Å². The Kier molecular flexibility index (Phi) is 5.47. The molecule has 7 heteroatoms. The molecule has 2 N–H and O–H groups in total. The van der Waals surface area contributed by atoms with Crippen molar-refractivity contribution < 1.29 is 14.6 Å². The summed E-state index contributed by atoms with van der Waals surface area (Å²) in [6.45, 7) is 1.84. The van der Waals surface area contributed by atoms with E-state index in [1.54, 1.807) is 19.2 Å². The van der Waals surface area contributed by atoms with Crippen molar-refractivity contribution >= 4 is 38.7 Å². The molecule has 0 radical (unpaired) electrons. The number of aliphatic hydroxyl groups is 1. The van der Waals surface area contributed by atoms with Crippen LogP contribution in [0.3, 0.4) is 0 Å². The largest absolute Gasteiger partial charge is 0.496 e. The van der Waals surface area contributed by atoms with Crippen LogP contribution in [0.2, 0.25) is 0 Å². The monoisotopic (exact) mass is 418 g/mol. The number of rotatable bonds is 6. The topological polar surface area (TPSA) is 87.6 Å². The van der Waals surface area contributed by atoms with Crippen molar-refractivity contribution in [2.75, 3.05) is 27.8 Å². The van der Waals surface area contributed by atoms with Crippen LogP contribution in [0.1, 0.15) is 23.7 Å². The van der Waals surface area contributed by atoms with E-state index in [9.17, 15) is 9.90 Å². The van der Waals surface area contributed by atoms with Gasteiger partial charge in [-0.15, -0.1) is 0 Å². The quantitative estimate of drug-likeness (QED) is 0.284. The molecule has 0 saturated carbocycles. The van der Waals surface area contributed by atoms with Crippen molar-refractivity contribution in [2.45, 2.75) is 19.0 Å². The SMILES string of the molecule is COc1cccc2c1ccc1nc3cccc(C(=O)NC(C)(CCO)N(C)C)c3nc12. The number of aromatic nitrogens is 2. The molecule has 0 bridgehead atoms. The van der Waals surface area contributed by atoms with E-state index in [1.165, 1.54) is 0 Å². The molecule has 1 heterocycles. The molecule has 0 aliphatic rings. The number of amides is 1. The highest BCUT2D eigenvalue weighted by Gasteiger charge is 2.29. The van der Waals surface area contributed by atoms with E-state index < -0.39 is 5.66 Å². The molecule has 0 fully saturated rings. The highest BCUT2D eigenvalue weighted by atomic mass is 16.5. The van der Waals surface area contributed by atoms with Gasteiger partial charge in [-0.25, -0.2) is 9.97 Å². The Labute approximate surface area is 180 Å². The molecule has 160 valence electrons. The Balaban J connectivity index is 1.89. The zero-order chi connectivity index (χ0) is 22.2. The fraction of sp³-hybridized carbons (Fsp3) is 0.292. The molecule has 0 saturated heterocycles. The number of benzene rings is 3. The number of carbonyl (C=O) groups excluding carboxylic acids is 1. The van der Waals surface area contributed by atoms with Crippen LogP contribution < -0.4 is 10.1 Å². The number of nitrogens with zero attached hydrogens (tertiary/aromatic N) is 3. The third-order valence-electron chi connectivity index (χ3n) is 5.88. The predicted molar refractivity (Wildman–Crippen MR) is 122 cm³/mol. The fourth-order valence-corrected chi connectivity index (χ4v) is 3.78. The molecule has 0 aliphatic heterocycles. The first kappa shape index (κ1) is 21.0. The second-order valence-electron chi connectivity index (χ2n) is 7.98. The van der Waals surface area contributed by atoms with E-state index in [4.69, 9.17) is 14.7 Å². The average Bonchev–Trinajstić information content (AvgIpc) is 2.76. The van der Waals surface area contributed by atoms with Gasteiger partial charge in [0.05, 0.1) is 34.9 Å². The second kappa shape index (κ2) is 8.09. The Morgan fingerprint density at radius 1 is 1.03 bits per heavy atom. The van der Waals surface area contributed by atoms with Gasteiger partial charge in [-0.2, -0.15) is 0 Å². The molecule has 31 heavy (non-hydrogen) atoms. The average molecular weight is 418 g/mol. The van der Waals surface area contributed by atoms with E-state index in [2.05, 4.69) is 5.32 Å². The Bertz CT molecular complexity index is 1290. The summed E-state index contributed by atoms with van der Waals surface area (Å²) in [6.07, 6.45) is 0.398. The van der Waals surface area contributed by atoms with Gasteiger partial charge < -0.3 is 15.2 Å². The third kappa shape index (κ3) is 3.66. The van der Waals surface area contributed by atoms with Crippen molar-refractivity contribution in [1.82, 2.24) is 20.2 Å². The maximum absolute atomic E-state index is 13.2. The van der Waals surface area contributed by atoms with Crippen molar-refractivity contribution in [1.29, 1.82) is 0 Å². The van der Waals surface area contributed by atoms with Crippen LogP contribution >= 0.6 is 0 Å². The van der Waals surface area contributed by atoms with Gasteiger partial charge in [0.2, 0.25) is 0 Å². The number of hydrogen-bond acceptors (Lipinski definition) is 6. The van der Waals surface area contributed by atoms with Gasteiger partial charge in [-0.3, -0.25) is 9.69 Å². The molecule has 1 amide bonds. The number of para-hydroxylation sites is 1. The maximum Gasteiger partial charge on any atom is 0.254 e. The van der Waals surface area contributed by atoms with Crippen molar-refractivity contribution in [3.05, 3.63) is 54.1 Å². The summed E-state index contributed by atoms with van der Waals surface area (Å²) in [5, 5.41) is 14.4. The highest BCUT2D eigenvalue weighted by molar-refractivity contribution is 6.11. The van der Waals surface area contributed by atoms with Crippen LogP contribution in [-0.2, 0) is 0 Å². The molecule has 4 rings (SSSR count). The molecule has 0 aliphatic carbocycles. The summed E-state index contributed by atoms with van der Waals surface area (Å²) < 4.78 is 5.49. The minimum absolute atomic E-state index is 0.0389. The molecule has 1 aromatic heterocycles. The number of aliphatic hydroxyl groups excluding tert-OH is 1. The minimum Gasteiger partial charge on any atom is -0.496 e. The Morgan fingerprint density at radius 3 is 2.48 bits per heavy atom. The van der Waals surface area contributed by atoms with Crippen LogP contribution in [0.15, 0.2) is 48.5 Å². The summed E-state index contributed by atoms with van der Waals surface area (Å²) in [7, 11) is 5.37. The van der Waals surface area contributed by atoms with Gasteiger partial charge in [-0.1, -0.05) is 18.2 Å². The molecule has 1 unspecified atom stereocenters. The summed E-state index contributed by atoms with van der Waals surface area (Å²) in [4.78, 5) is 24.8. The standard InChI is InChI=1S/C24H26N4O3/c1-24(13-14-29,28(2)3)27-23(30)17-8-5-9-18-22(17)26-21-16-7-6-10-20(31-4)15(16)11-12-19(21)25-18/h5-12,29H,13-14H2,1-4H3,(H,27,30). The number of ether oxygens (including phenoxy) is 1. The van der Waals surface area contributed by atoms with E-state index in [0.717, 1.165) is 27.6 Å². The first-order valence-corrected chi connectivity index (χ1v) is 10.1. The van der Waals surface area contributed by atoms with E-state index in [-0.39, 0.29) is 12.5 Å². The van der Waals surface area contributed by atoms with E-state index in [0.29, 0.717) is 23.0 Å². The summed E-state index contributed by atoms with van der Waals surface area (Å²) in [5.74, 6) is 0.500. The normalized spacial score (nSPS) is 13.6. The first-order chi connectivity index (χ1) is 14.9. The molecule has 1 atom stereocenters. The second-order valence-corrected chi connectivity index (χ2v) is 7.98. The smallest absolute Gasteiger partial charge is 0.254 e. The van der Waals surface area contributed by atoms with Crippen LogP contribution in [0, 0.1) is 0 Å².